The molecule has 1 radical (unpaired) electrons. The smallest absolute Gasteiger partial charge is 0.0782 e. The van der Waals surface area contributed by atoms with Crippen LogP contribution in [0.4, 0.5) is 0 Å². The summed E-state index contributed by atoms with van der Waals surface area (Å²) in [6.45, 7) is 10.3. The number of aromatic nitrogens is 2. The van der Waals surface area contributed by atoms with Gasteiger partial charge in [0.1, 0.15) is 0 Å². The fourth-order valence-corrected chi connectivity index (χ4v) is 5.40. The van der Waals surface area contributed by atoms with E-state index in [0.29, 0.717) is 0 Å². The topological polar surface area (TPSA) is 7.76 Å². The number of thiophene rings is 1. The van der Waals surface area contributed by atoms with Crippen molar-refractivity contribution in [2.45, 2.75) is 6.92 Å². The Morgan fingerprint density at radius 3 is 2.15 bits per heavy atom. The van der Waals surface area contributed by atoms with Gasteiger partial charge in [0, 0.05) is 38.9 Å². The first-order valence-electron chi connectivity index (χ1n) is 12.4. The third-order valence-corrected chi connectivity index (χ3v) is 7.59. The van der Waals surface area contributed by atoms with E-state index in [2.05, 4.69) is 100 Å². The molecule has 0 bridgehead atoms. The zero-order chi connectivity index (χ0) is 26.6. The molecule has 0 aliphatic rings. The van der Waals surface area contributed by atoms with E-state index in [9.17, 15) is 0 Å². The summed E-state index contributed by atoms with van der Waals surface area (Å²) < 4.78 is 5.14. The van der Waals surface area contributed by atoms with Gasteiger partial charge in [0.2, 0.25) is 0 Å². The Bertz CT molecular complexity index is 1720. The molecule has 3 heterocycles. The first-order valence-corrected chi connectivity index (χ1v) is 13.3. The maximum absolute atomic E-state index is 4.28. The standard InChI is InChI=1S/C21H16NS.C14H14N.Ir/c1-15-14-17(16-6-4-3-5-7-16)8-9-18(15)21-19-11-13-23-20(19)10-12-22(21)2;1-11-7-4-5-9-13(11)14-10-6-8-12(2)15(14)3;/h3-14H,1-2H2;4-10H,1,3H2,2H3;/q2*-1;. The Hall–Kier alpha value is -3.95. The molecule has 0 fully saturated rings. The molecule has 6 rings (SSSR count). The normalized spacial score (nSPS) is 10.4. The minimum absolute atomic E-state index is 0. The van der Waals surface area contributed by atoms with Crippen LogP contribution in [-0.2, 0) is 20.1 Å². The predicted molar refractivity (Wildman–Crippen MR) is 160 cm³/mol. The van der Waals surface area contributed by atoms with E-state index >= 15 is 0 Å². The van der Waals surface area contributed by atoms with Crippen LogP contribution in [0.1, 0.15) is 16.8 Å². The summed E-state index contributed by atoms with van der Waals surface area (Å²) in [5.74, 6) is 0. The van der Waals surface area contributed by atoms with E-state index in [1.165, 1.54) is 21.2 Å². The first kappa shape index (κ1) is 28.1. The van der Waals surface area contributed by atoms with Gasteiger partial charge in [-0.15, -0.1) is 40.7 Å². The number of hydrogen-bond acceptors (Lipinski definition) is 1. The van der Waals surface area contributed by atoms with Crippen LogP contribution in [0, 0.1) is 34.9 Å². The van der Waals surface area contributed by atoms with Crippen LogP contribution in [-0.4, -0.2) is 0 Å². The second-order valence-corrected chi connectivity index (χ2v) is 10.2. The van der Waals surface area contributed by atoms with Crippen LogP contribution >= 0.6 is 11.3 Å². The Kier molecular flexibility index (Phi) is 8.83. The van der Waals surface area contributed by atoms with E-state index in [4.69, 9.17) is 0 Å². The summed E-state index contributed by atoms with van der Waals surface area (Å²) in [7, 11) is 8.17. The van der Waals surface area contributed by atoms with Crippen molar-refractivity contribution in [1.82, 2.24) is 0 Å². The Morgan fingerprint density at radius 1 is 0.667 bits per heavy atom. The molecule has 0 unspecified atom stereocenters. The molecule has 2 nitrogen and oxygen atoms in total. The minimum Gasteiger partial charge on any atom is -0.343 e. The number of aryl methyl sites for hydroxylation is 1. The molecule has 4 heteroatoms. The second kappa shape index (κ2) is 12.3. The molecule has 3 aromatic heterocycles. The molecule has 0 saturated heterocycles. The predicted octanol–water partition coefficient (Wildman–Crippen LogP) is 8.11. The molecular formula is C35H30IrN2S-2. The van der Waals surface area contributed by atoms with Crippen LogP contribution in [0.3, 0.4) is 0 Å². The number of hydrogen-bond donors (Lipinski definition) is 0. The molecule has 6 aromatic rings. The number of rotatable bonds is 3. The number of pyridine rings is 2. The van der Waals surface area contributed by atoms with Gasteiger partial charge in [-0.3, -0.25) is 0 Å². The van der Waals surface area contributed by atoms with Crippen LogP contribution < -0.4 is 9.13 Å². The van der Waals surface area contributed by atoms with Gasteiger partial charge in [0.05, 0.1) is 23.3 Å². The molecule has 3 aromatic carbocycles. The van der Waals surface area contributed by atoms with Crippen molar-refractivity contribution in [2.75, 3.05) is 0 Å². The molecule has 0 saturated carbocycles. The van der Waals surface area contributed by atoms with Gasteiger partial charge in [-0.1, -0.05) is 72.3 Å². The minimum atomic E-state index is 0. The average molecular weight is 703 g/mol. The van der Waals surface area contributed by atoms with Crippen molar-refractivity contribution < 1.29 is 29.2 Å². The molecule has 197 valence electrons. The Morgan fingerprint density at radius 2 is 1.41 bits per heavy atom. The molecule has 0 aliphatic carbocycles. The SMILES string of the molecule is [CH2-]c1cc(-c2ccccc2)ccc1-c1c2ccsc2cc[n+]1[CH2-].[CH2-]c1ccccc1-c1cccc(C)[n+]1[CH2-].[Ir]. The van der Waals surface area contributed by atoms with Gasteiger partial charge in [0.25, 0.3) is 0 Å². The van der Waals surface area contributed by atoms with E-state index in [1.54, 1.807) is 11.3 Å². The fraction of sp³-hybridized carbons (Fsp3) is 0.0286. The second-order valence-electron chi connectivity index (χ2n) is 9.21. The molecule has 0 N–H and O–H groups in total. The summed E-state index contributed by atoms with van der Waals surface area (Å²) in [6, 6.07) is 35.3. The number of fused-ring (bicyclic) bond motifs is 1. The third-order valence-electron chi connectivity index (χ3n) is 6.71. The number of nitrogens with zero attached hydrogens (tertiary/aromatic N) is 2. The Balaban J connectivity index is 0.000000192. The van der Waals surface area contributed by atoms with Crippen molar-refractivity contribution in [1.29, 1.82) is 0 Å². The van der Waals surface area contributed by atoms with Crippen LogP contribution in [0.2, 0.25) is 0 Å². The first-order chi connectivity index (χ1) is 18.4. The summed E-state index contributed by atoms with van der Waals surface area (Å²) in [4.78, 5) is 0. The third kappa shape index (κ3) is 5.89. The maximum atomic E-state index is 4.28. The van der Waals surface area contributed by atoms with Crippen molar-refractivity contribution >= 4 is 21.4 Å². The molecule has 0 aliphatic heterocycles. The van der Waals surface area contributed by atoms with E-state index < -0.39 is 0 Å². The fourth-order valence-electron chi connectivity index (χ4n) is 4.62. The largest absolute Gasteiger partial charge is 0.343 e. The van der Waals surface area contributed by atoms with Gasteiger partial charge in [-0.05, 0) is 29.3 Å². The maximum Gasteiger partial charge on any atom is 0.0782 e. The molecule has 0 atom stereocenters. The van der Waals surface area contributed by atoms with Crippen LogP contribution in [0.25, 0.3) is 43.7 Å². The van der Waals surface area contributed by atoms with Gasteiger partial charge in [0.15, 0.2) is 0 Å². The van der Waals surface area contributed by atoms with Gasteiger partial charge >= 0.3 is 0 Å². The van der Waals surface area contributed by atoms with Crippen molar-refractivity contribution in [2.24, 2.45) is 0 Å². The van der Waals surface area contributed by atoms with Gasteiger partial charge in [-0.2, -0.15) is 37.1 Å². The van der Waals surface area contributed by atoms with E-state index in [0.717, 1.165) is 39.3 Å². The van der Waals surface area contributed by atoms with Crippen molar-refractivity contribution in [3.05, 3.63) is 159 Å². The molecule has 0 spiro atoms. The van der Waals surface area contributed by atoms with Crippen molar-refractivity contribution in [3.8, 4) is 33.6 Å². The zero-order valence-electron chi connectivity index (χ0n) is 21.9. The molecule has 39 heavy (non-hydrogen) atoms. The van der Waals surface area contributed by atoms with Crippen LogP contribution in [0.5, 0.6) is 0 Å². The van der Waals surface area contributed by atoms with Crippen molar-refractivity contribution in [3.63, 3.8) is 0 Å². The summed E-state index contributed by atoms with van der Waals surface area (Å²) in [6.07, 6.45) is 2.01. The molecule has 0 amide bonds. The Labute approximate surface area is 249 Å². The summed E-state index contributed by atoms with van der Waals surface area (Å²) in [5, 5.41) is 3.35. The van der Waals surface area contributed by atoms with E-state index in [1.807, 2.05) is 58.7 Å². The zero-order valence-corrected chi connectivity index (χ0v) is 25.1. The monoisotopic (exact) mass is 703 g/mol. The van der Waals surface area contributed by atoms with Gasteiger partial charge < -0.3 is 9.13 Å². The summed E-state index contributed by atoms with van der Waals surface area (Å²) >= 11 is 1.75. The van der Waals surface area contributed by atoms with Crippen LogP contribution in [0.15, 0.2) is 115 Å². The van der Waals surface area contributed by atoms with Gasteiger partial charge in [-0.25, -0.2) is 0 Å². The molecular weight excluding hydrogens is 673 g/mol. The average Bonchev–Trinajstić information content (AvgIpc) is 3.41. The van der Waals surface area contributed by atoms with E-state index in [-0.39, 0.29) is 20.1 Å². The quantitative estimate of drug-likeness (QED) is 0.130. The summed E-state index contributed by atoms with van der Waals surface area (Å²) in [5.41, 5.74) is 10.1. The number of benzene rings is 3.